The van der Waals surface area contributed by atoms with Gasteiger partial charge in [0.1, 0.15) is 4.58 Å². The third-order valence-corrected chi connectivity index (χ3v) is 2.91. The molecule has 0 amide bonds. The molecular weight excluding hydrogens is 221 g/mol. The molecule has 0 fully saturated rings. The van der Waals surface area contributed by atoms with Crippen LogP contribution in [0.15, 0.2) is 24.3 Å². The van der Waals surface area contributed by atoms with Gasteiger partial charge in [-0.3, -0.25) is 0 Å². The first-order valence-electron chi connectivity index (χ1n) is 2.99. The Hall–Kier alpha value is 0.520. The largest absolute Gasteiger partial charge is 0.127 e. The van der Waals surface area contributed by atoms with E-state index >= 15 is 0 Å². The summed E-state index contributed by atoms with van der Waals surface area (Å²) in [4.78, 5) is 0. The van der Waals surface area contributed by atoms with Crippen LogP contribution in [0.3, 0.4) is 0 Å². The highest BCUT2D eigenvalue weighted by atomic mass is 35.5. The van der Waals surface area contributed by atoms with E-state index < -0.39 is 0 Å². The molecule has 0 aromatic heterocycles. The molecule has 0 N–H and O–H groups in total. The second-order valence-electron chi connectivity index (χ2n) is 1.95. The zero-order chi connectivity index (χ0) is 8.27. The van der Waals surface area contributed by atoms with Crippen LogP contribution in [0.5, 0.6) is 0 Å². The van der Waals surface area contributed by atoms with Crippen molar-refractivity contribution >= 4 is 48.7 Å². The maximum atomic E-state index is 5.69. The van der Waals surface area contributed by atoms with Gasteiger partial charge in [0.15, 0.2) is 0 Å². The molecule has 11 heavy (non-hydrogen) atoms. The van der Waals surface area contributed by atoms with Gasteiger partial charge < -0.3 is 0 Å². The fraction of sp³-hybridized carbons (Fsp3) is 0.143. The molecule has 0 saturated carbocycles. The molecule has 0 heterocycles. The highest BCUT2D eigenvalue weighted by molar-refractivity contribution is 7.52. The minimum absolute atomic E-state index is 0.309. The monoisotopic (exact) mass is 226 g/mol. The van der Waals surface area contributed by atoms with E-state index in [1.807, 2.05) is 24.3 Å². The number of hydrogen-bond donors (Lipinski definition) is 0. The highest BCUT2D eigenvalue weighted by Crippen LogP contribution is 2.25. The molecule has 60 valence electrons. The summed E-state index contributed by atoms with van der Waals surface area (Å²) in [5, 5.41) is 1.86. The van der Waals surface area contributed by atoms with Crippen molar-refractivity contribution in [1.29, 1.82) is 0 Å². The summed E-state index contributed by atoms with van der Waals surface area (Å²) >= 11 is 16.9. The molecule has 0 aliphatic heterocycles. The minimum atomic E-state index is -0.309. The van der Waals surface area contributed by atoms with Crippen LogP contribution in [0.2, 0.25) is 5.02 Å². The first-order valence-corrected chi connectivity index (χ1v) is 5.31. The van der Waals surface area contributed by atoms with Gasteiger partial charge in [-0.25, -0.2) is 0 Å². The molecule has 0 nitrogen and oxygen atoms in total. The third kappa shape index (κ3) is 3.62. The minimum Gasteiger partial charge on any atom is -0.100 e. The van der Waals surface area contributed by atoms with Crippen LogP contribution < -0.4 is 5.30 Å². The second-order valence-corrected chi connectivity index (χ2v) is 5.66. The average Bonchev–Trinajstić information content (AvgIpc) is 1.93. The van der Waals surface area contributed by atoms with Gasteiger partial charge in [0.2, 0.25) is 0 Å². The van der Waals surface area contributed by atoms with Crippen molar-refractivity contribution in [3.8, 4) is 0 Å². The summed E-state index contributed by atoms with van der Waals surface area (Å²) in [7, 11) is 0.429. The van der Waals surface area contributed by atoms with Gasteiger partial charge in [-0.2, -0.15) is 0 Å². The molecule has 4 heteroatoms. The molecule has 0 aliphatic carbocycles. The van der Waals surface area contributed by atoms with Crippen LogP contribution in [-0.2, 0) is 0 Å². The fourth-order valence-corrected chi connectivity index (χ4v) is 2.17. The number of alkyl halides is 2. The summed E-state index contributed by atoms with van der Waals surface area (Å²) in [6.07, 6.45) is 0. The van der Waals surface area contributed by atoms with Crippen molar-refractivity contribution in [2.45, 2.75) is 4.58 Å². The van der Waals surface area contributed by atoms with Gasteiger partial charge in [0.05, 0.1) is 0 Å². The van der Waals surface area contributed by atoms with E-state index in [0.717, 1.165) is 10.3 Å². The summed E-state index contributed by atoms with van der Waals surface area (Å²) in [5.74, 6) is 0. The average molecular weight is 227 g/mol. The maximum Gasteiger partial charge on any atom is 0.127 e. The quantitative estimate of drug-likeness (QED) is 0.536. The Kier molecular flexibility index (Phi) is 3.95. The van der Waals surface area contributed by atoms with Crippen LogP contribution in [0, 0.1) is 0 Å². The predicted molar refractivity (Wildman–Crippen MR) is 54.9 cm³/mol. The van der Waals surface area contributed by atoms with E-state index in [4.69, 9.17) is 34.8 Å². The van der Waals surface area contributed by atoms with E-state index in [1.54, 1.807) is 0 Å². The molecule has 0 radical (unpaired) electrons. The van der Waals surface area contributed by atoms with E-state index in [-0.39, 0.29) is 4.58 Å². The van der Waals surface area contributed by atoms with Crippen molar-refractivity contribution in [1.82, 2.24) is 0 Å². The van der Waals surface area contributed by atoms with Crippen LogP contribution in [-0.4, -0.2) is 4.58 Å². The molecule has 0 aliphatic rings. The molecule has 1 atom stereocenters. The lowest BCUT2D eigenvalue weighted by Gasteiger charge is -2.00. The van der Waals surface area contributed by atoms with Crippen molar-refractivity contribution < 1.29 is 0 Å². The standard InChI is InChI=1S/C7H6Cl3P/c8-5-1-3-6(4-2-5)11-7(9)10/h1-4,7,11H. The molecule has 1 aromatic carbocycles. The lowest BCUT2D eigenvalue weighted by Crippen LogP contribution is -1.94. The zero-order valence-corrected chi connectivity index (χ0v) is 8.79. The molecule has 1 unspecified atom stereocenters. The summed E-state index contributed by atoms with van der Waals surface area (Å²) < 4.78 is -0.309. The SMILES string of the molecule is Clc1ccc(PC(Cl)Cl)cc1. The molecule has 0 bridgehead atoms. The maximum absolute atomic E-state index is 5.69. The Bertz CT molecular complexity index is 220. The van der Waals surface area contributed by atoms with Gasteiger partial charge >= 0.3 is 0 Å². The van der Waals surface area contributed by atoms with Gasteiger partial charge in [0, 0.05) is 5.02 Å². The van der Waals surface area contributed by atoms with Gasteiger partial charge in [0.25, 0.3) is 0 Å². The van der Waals surface area contributed by atoms with Gasteiger partial charge in [-0.15, -0.1) is 23.2 Å². The lowest BCUT2D eigenvalue weighted by atomic mass is 10.4. The van der Waals surface area contributed by atoms with E-state index in [1.165, 1.54) is 0 Å². The Morgan fingerprint density at radius 3 is 2.09 bits per heavy atom. The van der Waals surface area contributed by atoms with Crippen molar-refractivity contribution in [2.24, 2.45) is 0 Å². The Labute approximate surface area is 82.6 Å². The van der Waals surface area contributed by atoms with Crippen LogP contribution in [0.25, 0.3) is 0 Å². The van der Waals surface area contributed by atoms with Crippen molar-refractivity contribution in [3.05, 3.63) is 29.3 Å². The molecular formula is C7H6Cl3P. The molecule has 0 saturated heterocycles. The van der Waals surface area contributed by atoms with Crippen LogP contribution >= 0.6 is 43.4 Å². The number of halogens is 3. The molecule has 1 rings (SSSR count). The van der Waals surface area contributed by atoms with Gasteiger partial charge in [-0.05, 0) is 17.4 Å². The zero-order valence-electron chi connectivity index (χ0n) is 5.52. The van der Waals surface area contributed by atoms with Crippen LogP contribution in [0.4, 0.5) is 0 Å². The van der Waals surface area contributed by atoms with Crippen molar-refractivity contribution in [3.63, 3.8) is 0 Å². The normalized spacial score (nSPS) is 11.6. The Morgan fingerprint density at radius 1 is 1.09 bits per heavy atom. The Morgan fingerprint density at radius 2 is 1.64 bits per heavy atom. The number of hydrogen-bond acceptors (Lipinski definition) is 0. The lowest BCUT2D eigenvalue weighted by molar-refractivity contribution is 1.76. The fourth-order valence-electron chi connectivity index (χ4n) is 0.672. The van der Waals surface area contributed by atoms with E-state index in [2.05, 4.69) is 0 Å². The second kappa shape index (κ2) is 4.52. The van der Waals surface area contributed by atoms with Crippen molar-refractivity contribution in [2.75, 3.05) is 0 Å². The smallest absolute Gasteiger partial charge is 0.100 e. The van der Waals surface area contributed by atoms with Crippen LogP contribution in [0.1, 0.15) is 0 Å². The van der Waals surface area contributed by atoms with E-state index in [9.17, 15) is 0 Å². The Balaban J connectivity index is 2.66. The first kappa shape index (κ1) is 9.61. The number of rotatable bonds is 2. The summed E-state index contributed by atoms with van der Waals surface area (Å²) in [6.45, 7) is 0. The number of benzene rings is 1. The first-order chi connectivity index (χ1) is 5.18. The predicted octanol–water partition coefficient (Wildman–Crippen LogP) is 3.41. The third-order valence-electron chi connectivity index (χ3n) is 1.12. The summed E-state index contributed by atoms with van der Waals surface area (Å²) in [5.41, 5.74) is 0. The van der Waals surface area contributed by atoms with E-state index in [0.29, 0.717) is 8.58 Å². The summed E-state index contributed by atoms with van der Waals surface area (Å²) in [6, 6.07) is 7.52. The molecule has 1 aromatic rings. The molecule has 0 spiro atoms. The van der Waals surface area contributed by atoms with Gasteiger partial charge in [-0.1, -0.05) is 32.3 Å². The highest BCUT2D eigenvalue weighted by Gasteiger charge is 1.99. The topological polar surface area (TPSA) is 0 Å².